The Morgan fingerprint density at radius 3 is 2.19 bits per heavy atom. The normalized spacial score (nSPS) is 15.5. The number of carboxylic acid groups (broad SMARTS) is 1. The molecule has 5 heteroatoms. The molecule has 0 spiro atoms. The Hall–Kier alpha value is -2.04. The van der Waals surface area contributed by atoms with Crippen LogP contribution in [0, 0.1) is 0 Å². The highest BCUT2D eigenvalue weighted by Gasteiger charge is 2.29. The number of ether oxygens (including phenoxy) is 1. The zero-order valence-electron chi connectivity index (χ0n) is 16.2. The van der Waals surface area contributed by atoms with E-state index in [4.69, 9.17) is 9.84 Å². The lowest BCUT2D eigenvalue weighted by Crippen LogP contribution is -2.43. The van der Waals surface area contributed by atoms with Crippen molar-refractivity contribution in [2.75, 3.05) is 0 Å². The van der Waals surface area contributed by atoms with Crippen molar-refractivity contribution in [3.63, 3.8) is 0 Å². The SMILES string of the molecule is CC(C)(C)OC(=O)N(Cc1ccc(CCC(=O)O)cc1)C1CCCCC1. The zero-order valence-corrected chi connectivity index (χ0v) is 16.2. The first-order valence-electron chi connectivity index (χ1n) is 9.54. The number of amides is 1. The number of aliphatic carboxylic acids is 1. The Morgan fingerprint density at radius 1 is 1.08 bits per heavy atom. The largest absolute Gasteiger partial charge is 0.481 e. The predicted octanol–water partition coefficient (Wildman–Crippen LogP) is 4.77. The van der Waals surface area contributed by atoms with E-state index in [0.717, 1.165) is 36.8 Å². The van der Waals surface area contributed by atoms with Gasteiger partial charge in [0.25, 0.3) is 0 Å². The van der Waals surface area contributed by atoms with Crippen LogP contribution in [0.5, 0.6) is 0 Å². The van der Waals surface area contributed by atoms with Gasteiger partial charge in [-0.15, -0.1) is 0 Å². The summed E-state index contributed by atoms with van der Waals surface area (Å²) in [5.41, 5.74) is 1.53. The van der Waals surface area contributed by atoms with Crippen molar-refractivity contribution in [1.82, 2.24) is 4.90 Å². The number of carboxylic acids is 1. The Balaban J connectivity index is 2.07. The van der Waals surface area contributed by atoms with Gasteiger partial charge >= 0.3 is 12.1 Å². The Labute approximate surface area is 156 Å². The molecule has 1 amide bonds. The lowest BCUT2D eigenvalue weighted by molar-refractivity contribution is -0.136. The third-order valence-electron chi connectivity index (χ3n) is 4.65. The van der Waals surface area contributed by atoms with E-state index >= 15 is 0 Å². The molecule has 2 rings (SSSR count). The molecule has 0 bridgehead atoms. The summed E-state index contributed by atoms with van der Waals surface area (Å²) in [5, 5.41) is 8.79. The van der Waals surface area contributed by atoms with Gasteiger partial charge in [-0.2, -0.15) is 0 Å². The van der Waals surface area contributed by atoms with Gasteiger partial charge in [-0.3, -0.25) is 4.79 Å². The second-order valence-electron chi connectivity index (χ2n) is 8.11. The summed E-state index contributed by atoms with van der Waals surface area (Å²) >= 11 is 0. The molecule has 1 aliphatic carbocycles. The summed E-state index contributed by atoms with van der Waals surface area (Å²) in [6.07, 6.45) is 5.98. The van der Waals surface area contributed by atoms with Gasteiger partial charge in [0, 0.05) is 19.0 Å². The average Bonchev–Trinajstić information content (AvgIpc) is 2.58. The summed E-state index contributed by atoms with van der Waals surface area (Å²) < 4.78 is 5.64. The molecule has 0 heterocycles. The van der Waals surface area contributed by atoms with E-state index < -0.39 is 11.6 Å². The Kier molecular flexibility index (Phi) is 7.06. The highest BCUT2D eigenvalue weighted by Crippen LogP contribution is 2.26. The molecule has 144 valence electrons. The molecule has 5 nitrogen and oxygen atoms in total. The highest BCUT2D eigenvalue weighted by atomic mass is 16.6. The van der Waals surface area contributed by atoms with Crippen molar-refractivity contribution in [1.29, 1.82) is 0 Å². The van der Waals surface area contributed by atoms with E-state index in [1.54, 1.807) is 0 Å². The Morgan fingerprint density at radius 2 is 1.65 bits per heavy atom. The lowest BCUT2D eigenvalue weighted by atomic mass is 9.94. The van der Waals surface area contributed by atoms with Gasteiger partial charge < -0.3 is 14.7 Å². The third-order valence-corrected chi connectivity index (χ3v) is 4.65. The van der Waals surface area contributed by atoms with E-state index in [-0.39, 0.29) is 18.6 Å². The standard InChI is InChI=1S/C21H31NO4/c1-21(2,3)26-20(25)22(18-7-5-4-6-8-18)15-17-11-9-16(10-12-17)13-14-19(23)24/h9-12,18H,4-8,13-15H2,1-3H3,(H,23,24). The second kappa shape index (κ2) is 9.06. The maximum absolute atomic E-state index is 12.7. The number of benzene rings is 1. The van der Waals surface area contributed by atoms with E-state index in [0.29, 0.717) is 13.0 Å². The van der Waals surface area contributed by atoms with Gasteiger partial charge in [-0.05, 0) is 51.2 Å². The van der Waals surface area contributed by atoms with Gasteiger partial charge in [0.05, 0.1) is 0 Å². The van der Waals surface area contributed by atoms with Gasteiger partial charge in [-0.1, -0.05) is 43.5 Å². The van der Waals surface area contributed by atoms with Crippen LogP contribution in [0.15, 0.2) is 24.3 Å². The van der Waals surface area contributed by atoms with E-state index in [1.807, 2.05) is 49.9 Å². The van der Waals surface area contributed by atoms with Crippen LogP contribution < -0.4 is 0 Å². The van der Waals surface area contributed by atoms with Gasteiger partial charge in [-0.25, -0.2) is 4.79 Å². The minimum atomic E-state index is -0.789. The molecular formula is C21H31NO4. The summed E-state index contributed by atoms with van der Waals surface area (Å²) in [7, 11) is 0. The van der Waals surface area contributed by atoms with E-state index in [9.17, 15) is 9.59 Å². The predicted molar refractivity (Wildman–Crippen MR) is 101 cm³/mol. The van der Waals surface area contributed by atoms with Crippen molar-refractivity contribution >= 4 is 12.1 Å². The molecule has 0 atom stereocenters. The number of rotatable bonds is 6. The summed E-state index contributed by atoms with van der Waals surface area (Å²) in [6, 6.07) is 8.10. The van der Waals surface area contributed by atoms with Crippen LogP contribution in [0.4, 0.5) is 4.79 Å². The fourth-order valence-corrected chi connectivity index (χ4v) is 3.32. The molecular weight excluding hydrogens is 330 g/mol. The van der Waals surface area contributed by atoms with Crippen molar-refractivity contribution in [3.05, 3.63) is 35.4 Å². The van der Waals surface area contributed by atoms with Gasteiger partial charge in [0.1, 0.15) is 5.60 Å². The molecule has 1 aromatic carbocycles. The smallest absolute Gasteiger partial charge is 0.410 e. The number of nitrogens with zero attached hydrogens (tertiary/aromatic N) is 1. The maximum atomic E-state index is 12.7. The Bertz CT molecular complexity index is 597. The first kappa shape index (κ1) is 20.3. The number of hydrogen-bond acceptors (Lipinski definition) is 3. The van der Waals surface area contributed by atoms with Crippen molar-refractivity contribution in [3.8, 4) is 0 Å². The molecule has 0 aliphatic heterocycles. The molecule has 0 aromatic heterocycles. The minimum absolute atomic E-state index is 0.130. The quantitative estimate of drug-likeness (QED) is 0.792. The first-order valence-corrected chi connectivity index (χ1v) is 9.54. The van der Waals surface area contributed by atoms with Crippen LogP contribution >= 0.6 is 0 Å². The molecule has 1 fully saturated rings. The molecule has 0 unspecified atom stereocenters. The number of carbonyl (C=O) groups excluding carboxylic acids is 1. The van der Waals surface area contributed by atoms with Crippen LogP contribution in [0.2, 0.25) is 0 Å². The number of aryl methyl sites for hydroxylation is 1. The zero-order chi connectivity index (χ0) is 19.2. The fourth-order valence-electron chi connectivity index (χ4n) is 3.32. The molecule has 1 aromatic rings. The van der Waals surface area contributed by atoms with E-state index in [1.165, 1.54) is 6.42 Å². The molecule has 0 radical (unpaired) electrons. The molecule has 1 saturated carbocycles. The first-order chi connectivity index (χ1) is 12.2. The van der Waals surface area contributed by atoms with Gasteiger partial charge in [0.2, 0.25) is 0 Å². The summed E-state index contributed by atoms with van der Waals surface area (Å²) in [6.45, 7) is 6.20. The lowest BCUT2D eigenvalue weighted by Gasteiger charge is -2.35. The number of carbonyl (C=O) groups is 2. The summed E-state index contributed by atoms with van der Waals surface area (Å²) in [5.74, 6) is -0.789. The third kappa shape index (κ3) is 6.70. The van der Waals surface area contributed by atoms with Crippen molar-refractivity contribution < 1.29 is 19.4 Å². The van der Waals surface area contributed by atoms with Crippen LogP contribution in [0.1, 0.15) is 70.4 Å². The second-order valence-corrected chi connectivity index (χ2v) is 8.11. The summed E-state index contributed by atoms with van der Waals surface area (Å²) in [4.78, 5) is 25.3. The monoisotopic (exact) mass is 361 g/mol. The van der Waals surface area contributed by atoms with Crippen molar-refractivity contribution in [2.45, 2.75) is 83.9 Å². The van der Waals surface area contributed by atoms with E-state index in [2.05, 4.69) is 0 Å². The molecule has 26 heavy (non-hydrogen) atoms. The van der Waals surface area contributed by atoms with Crippen LogP contribution in [-0.4, -0.2) is 33.7 Å². The van der Waals surface area contributed by atoms with Crippen LogP contribution in [0.25, 0.3) is 0 Å². The maximum Gasteiger partial charge on any atom is 0.410 e. The average molecular weight is 361 g/mol. The van der Waals surface area contributed by atoms with Gasteiger partial charge in [0.15, 0.2) is 0 Å². The fraction of sp³-hybridized carbons (Fsp3) is 0.619. The van der Waals surface area contributed by atoms with Crippen LogP contribution in [-0.2, 0) is 22.5 Å². The highest BCUT2D eigenvalue weighted by molar-refractivity contribution is 5.68. The van der Waals surface area contributed by atoms with Crippen molar-refractivity contribution in [2.24, 2.45) is 0 Å². The minimum Gasteiger partial charge on any atom is -0.481 e. The number of hydrogen-bond donors (Lipinski definition) is 1. The molecule has 1 N–H and O–H groups in total. The topological polar surface area (TPSA) is 66.8 Å². The molecule has 1 aliphatic rings. The van der Waals surface area contributed by atoms with Crippen LogP contribution in [0.3, 0.4) is 0 Å². The molecule has 0 saturated heterocycles.